The summed E-state index contributed by atoms with van der Waals surface area (Å²) in [5.74, 6) is 1.21. The minimum Gasteiger partial charge on any atom is -0.331 e. The number of fused-ring (bicyclic) bond motifs is 1. The Kier molecular flexibility index (Phi) is 3.60. The van der Waals surface area contributed by atoms with Gasteiger partial charge in [-0.25, -0.2) is 4.98 Å². The maximum atomic E-state index is 4.88. The van der Waals surface area contributed by atoms with Gasteiger partial charge in [0.15, 0.2) is 0 Å². The van der Waals surface area contributed by atoms with Crippen LogP contribution in [0.15, 0.2) is 24.5 Å². The highest BCUT2D eigenvalue weighted by atomic mass is 15.1. The summed E-state index contributed by atoms with van der Waals surface area (Å²) < 4.78 is 2.42. The van der Waals surface area contributed by atoms with E-state index in [1.807, 2.05) is 25.5 Å². The highest BCUT2D eigenvalue weighted by Crippen LogP contribution is 2.28. The van der Waals surface area contributed by atoms with Gasteiger partial charge in [0.25, 0.3) is 0 Å². The first kappa shape index (κ1) is 12.4. The SMILES string of the molecule is CNCCc1nc(-c2cccnc2)c2n1CCCC2. The maximum absolute atomic E-state index is 4.88. The molecule has 0 unspecified atom stereocenters. The second-order valence-corrected chi connectivity index (χ2v) is 5.03. The van der Waals surface area contributed by atoms with Crippen LogP contribution in [0.1, 0.15) is 24.4 Å². The number of hydrogen-bond donors (Lipinski definition) is 1. The zero-order valence-corrected chi connectivity index (χ0v) is 11.4. The Morgan fingerprint density at radius 2 is 2.32 bits per heavy atom. The van der Waals surface area contributed by atoms with Gasteiger partial charge in [0.05, 0.1) is 5.69 Å². The van der Waals surface area contributed by atoms with Gasteiger partial charge in [-0.05, 0) is 38.4 Å². The van der Waals surface area contributed by atoms with E-state index in [1.54, 1.807) is 0 Å². The van der Waals surface area contributed by atoms with Gasteiger partial charge in [-0.1, -0.05) is 0 Å². The molecule has 4 nitrogen and oxygen atoms in total. The summed E-state index contributed by atoms with van der Waals surface area (Å²) in [6.07, 6.45) is 8.39. The lowest BCUT2D eigenvalue weighted by molar-refractivity contribution is 0.512. The van der Waals surface area contributed by atoms with E-state index in [-0.39, 0.29) is 0 Å². The van der Waals surface area contributed by atoms with Crippen LogP contribution < -0.4 is 5.32 Å². The number of nitrogens with zero attached hydrogens (tertiary/aromatic N) is 3. The molecule has 19 heavy (non-hydrogen) atoms. The quantitative estimate of drug-likeness (QED) is 0.910. The van der Waals surface area contributed by atoms with E-state index < -0.39 is 0 Å². The van der Waals surface area contributed by atoms with Crippen molar-refractivity contribution in [2.24, 2.45) is 0 Å². The fourth-order valence-corrected chi connectivity index (χ4v) is 2.78. The molecule has 100 valence electrons. The Hall–Kier alpha value is -1.68. The van der Waals surface area contributed by atoms with Crippen LogP contribution in [0.4, 0.5) is 0 Å². The van der Waals surface area contributed by atoms with Gasteiger partial charge in [0, 0.05) is 43.2 Å². The van der Waals surface area contributed by atoms with E-state index in [0.717, 1.165) is 37.2 Å². The molecule has 0 saturated carbocycles. The van der Waals surface area contributed by atoms with Crippen LogP contribution >= 0.6 is 0 Å². The van der Waals surface area contributed by atoms with E-state index >= 15 is 0 Å². The summed E-state index contributed by atoms with van der Waals surface area (Å²) in [7, 11) is 1.99. The number of pyridine rings is 1. The predicted molar refractivity (Wildman–Crippen MR) is 76.0 cm³/mol. The molecule has 1 aliphatic rings. The molecule has 4 heteroatoms. The third-order valence-corrected chi connectivity index (χ3v) is 3.73. The number of likely N-dealkylation sites (N-methyl/N-ethyl adjacent to an activating group) is 1. The highest BCUT2D eigenvalue weighted by Gasteiger charge is 2.20. The zero-order valence-electron chi connectivity index (χ0n) is 11.4. The van der Waals surface area contributed by atoms with Crippen molar-refractivity contribution in [3.05, 3.63) is 36.0 Å². The molecule has 0 aromatic carbocycles. The Balaban J connectivity index is 2.02. The zero-order chi connectivity index (χ0) is 13.1. The number of aromatic nitrogens is 3. The van der Waals surface area contributed by atoms with Crippen LogP contribution in [0.5, 0.6) is 0 Å². The lowest BCUT2D eigenvalue weighted by Gasteiger charge is -2.17. The van der Waals surface area contributed by atoms with Crippen molar-refractivity contribution in [2.75, 3.05) is 13.6 Å². The fourth-order valence-electron chi connectivity index (χ4n) is 2.78. The number of imidazole rings is 1. The summed E-state index contributed by atoms with van der Waals surface area (Å²) in [6.45, 7) is 2.09. The Morgan fingerprint density at radius 1 is 1.37 bits per heavy atom. The van der Waals surface area contributed by atoms with Crippen LogP contribution in [-0.4, -0.2) is 28.1 Å². The molecule has 0 radical (unpaired) electrons. The number of nitrogens with one attached hydrogen (secondary N) is 1. The second-order valence-electron chi connectivity index (χ2n) is 5.03. The third kappa shape index (κ3) is 2.40. The molecule has 1 aliphatic heterocycles. The molecular formula is C15H20N4. The summed E-state index contributed by atoms with van der Waals surface area (Å²) in [4.78, 5) is 9.10. The fraction of sp³-hybridized carbons (Fsp3) is 0.467. The maximum Gasteiger partial charge on any atom is 0.110 e. The summed E-state index contributed by atoms with van der Waals surface area (Å²) >= 11 is 0. The minimum absolute atomic E-state index is 0.975. The molecule has 1 N–H and O–H groups in total. The minimum atomic E-state index is 0.975. The van der Waals surface area contributed by atoms with E-state index in [1.165, 1.54) is 24.4 Å². The standard InChI is InChI=1S/C15H20N4/c1-16-9-7-14-18-15(12-5-4-8-17-11-12)13-6-2-3-10-19(13)14/h4-5,8,11,16H,2-3,6-7,9-10H2,1H3. The third-order valence-electron chi connectivity index (χ3n) is 3.73. The topological polar surface area (TPSA) is 42.7 Å². The van der Waals surface area contributed by atoms with Gasteiger partial charge < -0.3 is 9.88 Å². The Bertz CT molecular complexity index is 545. The van der Waals surface area contributed by atoms with Gasteiger partial charge in [-0.3, -0.25) is 4.98 Å². The smallest absolute Gasteiger partial charge is 0.110 e. The number of hydrogen-bond acceptors (Lipinski definition) is 3. The average Bonchev–Trinajstić information content (AvgIpc) is 2.85. The summed E-state index contributed by atoms with van der Waals surface area (Å²) in [6, 6.07) is 4.09. The van der Waals surface area contributed by atoms with Crippen LogP contribution in [0.3, 0.4) is 0 Å². The average molecular weight is 256 g/mol. The van der Waals surface area contributed by atoms with Crippen molar-refractivity contribution in [2.45, 2.75) is 32.2 Å². The first-order chi connectivity index (χ1) is 9.40. The summed E-state index contributed by atoms with van der Waals surface area (Å²) in [5, 5.41) is 3.21. The van der Waals surface area contributed by atoms with Crippen LogP contribution in [0.25, 0.3) is 11.3 Å². The van der Waals surface area contributed by atoms with E-state index in [0.29, 0.717) is 0 Å². The van der Waals surface area contributed by atoms with Crippen molar-refractivity contribution in [3.63, 3.8) is 0 Å². The van der Waals surface area contributed by atoms with Crippen LogP contribution in [-0.2, 0) is 19.4 Å². The molecule has 0 fully saturated rings. The first-order valence-electron chi connectivity index (χ1n) is 7.03. The molecule has 3 rings (SSSR count). The lowest BCUT2D eigenvalue weighted by Crippen LogP contribution is -2.17. The molecule has 0 aliphatic carbocycles. The Morgan fingerprint density at radius 3 is 3.11 bits per heavy atom. The van der Waals surface area contributed by atoms with E-state index in [4.69, 9.17) is 4.98 Å². The lowest BCUT2D eigenvalue weighted by atomic mass is 10.1. The van der Waals surface area contributed by atoms with Crippen molar-refractivity contribution in [1.82, 2.24) is 19.9 Å². The first-order valence-corrected chi connectivity index (χ1v) is 7.03. The molecule has 0 saturated heterocycles. The van der Waals surface area contributed by atoms with Crippen LogP contribution in [0, 0.1) is 0 Å². The van der Waals surface area contributed by atoms with Gasteiger partial charge in [0.1, 0.15) is 5.82 Å². The molecule has 2 aromatic rings. The van der Waals surface area contributed by atoms with Gasteiger partial charge in [0.2, 0.25) is 0 Å². The molecule has 0 atom stereocenters. The van der Waals surface area contributed by atoms with Crippen molar-refractivity contribution < 1.29 is 0 Å². The molecule has 3 heterocycles. The molecule has 2 aromatic heterocycles. The van der Waals surface area contributed by atoms with Crippen molar-refractivity contribution >= 4 is 0 Å². The van der Waals surface area contributed by atoms with Crippen molar-refractivity contribution in [3.8, 4) is 11.3 Å². The number of rotatable bonds is 4. The Labute approximate surface area is 113 Å². The predicted octanol–water partition coefficient (Wildman–Crippen LogP) is 2.04. The highest BCUT2D eigenvalue weighted by molar-refractivity contribution is 5.61. The summed E-state index contributed by atoms with van der Waals surface area (Å²) in [5.41, 5.74) is 3.67. The van der Waals surface area contributed by atoms with Crippen molar-refractivity contribution in [1.29, 1.82) is 0 Å². The van der Waals surface area contributed by atoms with Gasteiger partial charge >= 0.3 is 0 Å². The normalized spacial score (nSPS) is 14.4. The van der Waals surface area contributed by atoms with Gasteiger partial charge in [-0.15, -0.1) is 0 Å². The van der Waals surface area contributed by atoms with Crippen LogP contribution in [0.2, 0.25) is 0 Å². The molecular weight excluding hydrogens is 236 g/mol. The largest absolute Gasteiger partial charge is 0.331 e. The van der Waals surface area contributed by atoms with Gasteiger partial charge in [-0.2, -0.15) is 0 Å². The molecule has 0 bridgehead atoms. The molecule has 0 spiro atoms. The molecule has 0 amide bonds. The van der Waals surface area contributed by atoms with E-state index in [9.17, 15) is 0 Å². The monoisotopic (exact) mass is 256 g/mol. The second kappa shape index (κ2) is 5.53. The van der Waals surface area contributed by atoms with E-state index in [2.05, 4.69) is 20.9 Å².